The van der Waals surface area contributed by atoms with Gasteiger partial charge in [-0.05, 0) is 36.8 Å². The minimum atomic E-state index is 0.499. The predicted octanol–water partition coefficient (Wildman–Crippen LogP) is 4.52. The van der Waals surface area contributed by atoms with E-state index < -0.39 is 0 Å². The van der Waals surface area contributed by atoms with Gasteiger partial charge in [0.15, 0.2) is 17.3 Å². The molecule has 136 valence electrons. The second-order valence-electron chi connectivity index (χ2n) is 5.42. The van der Waals surface area contributed by atoms with Crippen molar-refractivity contribution in [3.63, 3.8) is 0 Å². The SMILES string of the molecule is CCOc1cc(CNn2c(-c3ccccc3)n[nH]c2=S)c(Br)cc1OC. The molecule has 3 aromatic rings. The fourth-order valence-electron chi connectivity index (χ4n) is 2.53. The molecule has 6 nitrogen and oxygen atoms in total. The van der Waals surface area contributed by atoms with Gasteiger partial charge < -0.3 is 14.9 Å². The van der Waals surface area contributed by atoms with Crippen LogP contribution in [0.4, 0.5) is 0 Å². The Bertz CT molecular complexity index is 940. The first-order valence-corrected chi connectivity index (χ1v) is 9.30. The fourth-order valence-corrected chi connectivity index (χ4v) is 3.19. The highest BCUT2D eigenvalue weighted by molar-refractivity contribution is 9.10. The van der Waals surface area contributed by atoms with Crippen LogP contribution < -0.4 is 14.9 Å². The number of rotatable bonds is 7. The average Bonchev–Trinajstić information content (AvgIpc) is 3.03. The maximum atomic E-state index is 5.66. The van der Waals surface area contributed by atoms with Crippen LogP contribution in [0.25, 0.3) is 11.4 Å². The van der Waals surface area contributed by atoms with Gasteiger partial charge in [0.05, 0.1) is 20.3 Å². The minimum absolute atomic E-state index is 0.499. The average molecular weight is 435 g/mol. The summed E-state index contributed by atoms with van der Waals surface area (Å²) in [5, 5.41) is 7.16. The summed E-state index contributed by atoms with van der Waals surface area (Å²) < 4.78 is 14.2. The number of nitrogens with zero attached hydrogens (tertiary/aromatic N) is 2. The highest BCUT2D eigenvalue weighted by atomic mass is 79.9. The lowest BCUT2D eigenvalue weighted by Crippen LogP contribution is -2.16. The number of aromatic amines is 1. The first-order valence-electron chi connectivity index (χ1n) is 8.10. The topological polar surface area (TPSA) is 64.1 Å². The number of nitrogens with one attached hydrogen (secondary N) is 2. The summed E-state index contributed by atoms with van der Waals surface area (Å²) >= 11 is 8.94. The summed E-state index contributed by atoms with van der Waals surface area (Å²) in [6, 6.07) is 13.7. The van der Waals surface area contributed by atoms with Crippen LogP contribution in [0.2, 0.25) is 0 Å². The zero-order valence-electron chi connectivity index (χ0n) is 14.5. The van der Waals surface area contributed by atoms with E-state index in [0.717, 1.165) is 21.4 Å². The molecule has 1 aromatic heterocycles. The molecule has 0 aliphatic rings. The van der Waals surface area contributed by atoms with Crippen LogP contribution >= 0.6 is 28.1 Å². The predicted molar refractivity (Wildman–Crippen MR) is 108 cm³/mol. The Hall–Kier alpha value is -2.32. The standard InChI is InChI=1S/C18H19BrN4O2S/c1-3-25-16-9-13(14(19)10-15(16)24-2)11-20-23-17(21-22-18(23)26)12-7-5-4-6-8-12/h4-10,20H,3,11H2,1-2H3,(H,22,26). The Balaban J connectivity index is 1.87. The Morgan fingerprint density at radius 3 is 2.69 bits per heavy atom. The Morgan fingerprint density at radius 2 is 2.00 bits per heavy atom. The summed E-state index contributed by atoms with van der Waals surface area (Å²) in [4.78, 5) is 0. The van der Waals surface area contributed by atoms with E-state index in [0.29, 0.717) is 29.4 Å². The van der Waals surface area contributed by atoms with E-state index in [9.17, 15) is 0 Å². The van der Waals surface area contributed by atoms with Crippen LogP contribution in [-0.4, -0.2) is 28.6 Å². The smallest absolute Gasteiger partial charge is 0.214 e. The van der Waals surface area contributed by atoms with Gasteiger partial charge in [0.2, 0.25) is 4.77 Å². The van der Waals surface area contributed by atoms with Gasteiger partial charge in [0.1, 0.15) is 0 Å². The van der Waals surface area contributed by atoms with Gasteiger partial charge in [-0.15, -0.1) is 0 Å². The second-order valence-corrected chi connectivity index (χ2v) is 6.66. The van der Waals surface area contributed by atoms with E-state index in [2.05, 4.69) is 31.6 Å². The third-order valence-electron chi connectivity index (χ3n) is 3.76. The lowest BCUT2D eigenvalue weighted by molar-refractivity contribution is 0.310. The van der Waals surface area contributed by atoms with E-state index >= 15 is 0 Å². The molecule has 0 amide bonds. The number of benzene rings is 2. The maximum Gasteiger partial charge on any atom is 0.214 e. The molecule has 0 unspecified atom stereocenters. The zero-order chi connectivity index (χ0) is 18.5. The van der Waals surface area contributed by atoms with Gasteiger partial charge in [-0.3, -0.25) is 0 Å². The Morgan fingerprint density at radius 1 is 1.23 bits per heavy atom. The number of hydrogen-bond donors (Lipinski definition) is 2. The zero-order valence-corrected chi connectivity index (χ0v) is 16.9. The van der Waals surface area contributed by atoms with Crippen molar-refractivity contribution in [1.82, 2.24) is 14.9 Å². The molecule has 3 rings (SSSR count). The van der Waals surface area contributed by atoms with Crippen molar-refractivity contribution in [3.8, 4) is 22.9 Å². The molecule has 2 aromatic carbocycles. The molecular formula is C18H19BrN4O2S. The molecule has 0 fully saturated rings. The molecule has 0 saturated carbocycles. The molecule has 0 spiro atoms. The second kappa shape index (κ2) is 8.37. The van der Waals surface area contributed by atoms with Crippen molar-refractivity contribution in [2.75, 3.05) is 19.1 Å². The fraction of sp³-hybridized carbons (Fsp3) is 0.222. The lowest BCUT2D eigenvalue weighted by atomic mass is 10.2. The summed E-state index contributed by atoms with van der Waals surface area (Å²) in [7, 11) is 1.62. The van der Waals surface area contributed by atoms with Gasteiger partial charge in [0, 0.05) is 10.0 Å². The van der Waals surface area contributed by atoms with Gasteiger partial charge in [0.25, 0.3) is 0 Å². The Labute approximate surface area is 165 Å². The molecular weight excluding hydrogens is 416 g/mol. The van der Waals surface area contributed by atoms with Crippen molar-refractivity contribution in [2.45, 2.75) is 13.5 Å². The summed E-state index contributed by atoms with van der Waals surface area (Å²) in [5.74, 6) is 2.12. The molecule has 2 N–H and O–H groups in total. The molecule has 1 heterocycles. The molecule has 0 radical (unpaired) electrons. The van der Waals surface area contributed by atoms with Crippen molar-refractivity contribution >= 4 is 28.1 Å². The number of ether oxygens (including phenoxy) is 2. The monoisotopic (exact) mass is 434 g/mol. The largest absolute Gasteiger partial charge is 0.493 e. The number of H-pyrrole nitrogens is 1. The van der Waals surface area contributed by atoms with E-state index in [1.165, 1.54) is 0 Å². The lowest BCUT2D eigenvalue weighted by Gasteiger charge is -2.15. The highest BCUT2D eigenvalue weighted by Gasteiger charge is 2.12. The molecule has 26 heavy (non-hydrogen) atoms. The van der Waals surface area contributed by atoms with Crippen LogP contribution in [0.3, 0.4) is 0 Å². The number of hydrogen-bond acceptors (Lipinski definition) is 5. The molecule has 0 aliphatic carbocycles. The van der Waals surface area contributed by atoms with Crippen molar-refractivity contribution < 1.29 is 9.47 Å². The van der Waals surface area contributed by atoms with Crippen LogP contribution in [0.5, 0.6) is 11.5 Å². The molecule has 0 saturated heterocycles. The summed E-state index contributed by atoms with van der Waals surface area (Å²) in [5.41, 5.74) is 5.30. The molecule has 0 atom stereocenters. The first-order chi connectivity index (χ1) is 12.6. The normalized spacial score (nSPS) is 10.6. The Kier molecular flexibility index (Phi) is 5.95. The van der Waals surface area contributed by atoms with Gasteiger partial charge in [-0.1, -0.05) is 46.3 Å². The minimum Gasteiger partial charge on any atom is -0.493 e. The first kappa shape index (κ1) is 18.5. The van der Waals surface area contributed by atoms with Crippen LogP contribution in [-0.2, 0) is 6.54 Å². The third-order valence-corrected chi connectivity index (χ3v) is 4.78. The summed E-state index contributed by atoms with van der Waals surface area (Å²) in [6.45, 7) is 3.03. The molecule has 0 bridgehead atoms. The van der Waals surface area contributed by atoms with E-state index in [1.54, 1.807) is 11.8 Å². The van der Waals surface area contributed by atoms with E-state index in [1.807, 2.05) is 49.4 Å². The quantitative estimate of drug-likeness (QED) is 0.535. The third kappa shape index (κ3) is 3.91. The van der Waals surface area contributed by atoms with E-state index in [4.69, 9.17) is 21.7 Å². The highest BCUT2D eigenvalue weighted by Crippen LogP contribution is 2.33. The molecule has 8 heteroatoms. The summed E-state index contributed by atoms with van der Waals surface area (Å²) in [6.07, 6.45) is 0. The van der Waals surface area contributed by atoms with Crippen molar-refractivity contribution in [2.24, 2.45) is 0 Å². The number of methoxy groups -OCH3 is 1. The van der Waals surface area contributed by atoms with E-state index in [-0.39, 0.29) is 0 Å². The van der Waals surface area contributed by atoms with Crippen molar-refractivity contribution in [1.29, 1.82) is 0 Å². The van der Waals surface area contributed by atoms with Crippen LogP contribution in [0, 0.1) is 4.77 Å². The van der Waals surface area contributed by atoms with Gasteiger partial charge in [-0.2, -0.15) is 5.10 Å². The number of halogens is 1. The maximum absolute atomic E-state index is 5.66. The van der Waals surface area contributed by atoms with Gasteiger partial charge >= 0.3 is 0 Å². The number of aromatic nitrogens is 3. The van der Waals surface area contributed by atoms with Crippen molar-refractivity contribution in [3.05, 3.63) is 57.3 Å². The van der Waals surface area contributed by atoms with Crippen LogP contribution in [0.15, 0.2) is 46.9 Å². The molecule has 0 aliphatic heterocycles. The van der Waals surface area contributed by atoms with Crippen LogP contribution in [0.1, 0.15) is 12.5 Å². The van der Waals surface area contributed by atoms with Gasteiger partial charge in [-0.25, -0.2) is 9.77 Å².